The molecule has 14 heavy (non-hydrogen) atoms. The Labute approximate surface area is 84.5 Å². The normalized spacial score (nSPS) is 18.6. The van der Waals surface area contributed by atoms with Gasteiger partial charge in [-0.15, -0.1) is 0 Å². The van der Waals surface area contributed by atoms with Crippen LogP contribution >= 0.6 is 0 Å². The first-order valence-corrected chi connectivity index (χ1v) is 5.12. The van der Waals surface area contributed by atoms with Crippen LogP contribution in [0.2, 0.25) is 0 Å². The number of aryl methyl sites for hydroxylation is 1. The van der Waals surface area contributed by atoms with E-state index in [-0.39, 0.29) is 0 Å². The Balaban J connectivity index is 1.79. The van der Waals surface area contributed by atoms with Crippen LogP contribution in [0.3, 0.4) is 0 Å². The molecular formula is C10H17N3O. The van der Waals surface area contributed by atoms with Gasteiger partial charge in [-0.25, -0.2) is 4.98 Å². The van der Waals surface area contributed by atoms with Crippen molar-refractivity contribution < 1.29 is 4.74 Å². The molecule has 0 N–H and O–H groups in total. The third-order valence-corrected chi connectivity index (χ3v) is 2.68. The zero-order valence-corrected chi connectivity index (χ0v) is 8.65. The summed E-state index contributed by atoms with van der Waals surface area (Å²) in [6, 6.07) is 0. The van der Waals surface area contributed by atoms with E-state index in [1.165, 1.54) is 0 Å². The van der Waals surface area contributed by atoms with Crippen LogP contribution in [0.15, 0.2) is 12.4 Å². The number of morpholine rings is 1. The van der Waals surface area contributed by atoms with Crippen LogP contribution in [0.25, 0.3) is 0 Å². The molecule has 0 radical (unpaired) electrons. The van der Waals surface area contributed by atoms with Crippen molar-refractivity contribution in [2.75, 3.05) is 32.8 Å². The molecule has 1 aromatic heterocycles. The maximum absolute atomic E-state index is 5.30. The van der Waals surface area contributed by atoms with Gasteiger partial charge in [0, 0.05) is 45.5 Å². The van der Waals surface area contributed by atoms with E-state index in [1.54, 1.807) is 0 Å². The van der Waals surface area contributed by atoms with Crippen LogP contribution in [0.4, 0.5) is 0 Å². The number of nitrogens with zero attached hydrogens (tertiary/aromatic N) is 3. The van der Waals surface area contributed by atoms with Gasteiger partial charge in [0.05, 0.1) is 13.2 Å². The summed E-state index contributed by atoms with van der Waals surface area (Å²) in [6.07, 6.45) is 4.88. The fraction of sp³-hybridized carbons (Fsp3) is 0.700. The van der Waals surface area contributed by atoms with Gasteiger partial charge in [-0.05, 0) is 0 Å². The molecule has 0 bridgehead atoms. The average molecular weight is 195 g/mol. The minimum absolute atomic E-state index is 0.876. The Hall–Kier alpha value is -0.870. The van der Waals surface area contributed by atoms with Crippen LogP contribution in [0, 0.1) is 0 Å². The van der Waals surface area contributed by atoms with Crippen molar-refractivity contribution >= 4 is 0 Å². The number of ether oxygens (including phenoxy) is 1. The topological polar surface area (TPSA) is 30.3 Å². The van der Waals surface area contributed by atoms with Crippen molar-refractivity contribution in [3.63, 3.8) is 0 Å². The summed E-state index contributed by atoms with van der Waals surface area (Å²) in [6.45, 7) is 4.96. The van der Waals surface area contributed by atoms with E-state index in [0.717, 1.165) is 45.1 Å². The highest BCUT2D eigenvalue weighted by Crippen LogP contribution is 2.01. The largest absolute Gasteiger partial charge is 0.379 e. The summed E-state index contributed by atoms with van der Waals surface area (Å²) in [5.74, 6) is 1.16. The van der Waals surface area contributed by atoms with E-state index >= 15 is 0 Å². The molecule has 4 heteroatoms. The summed E-state index contributed by atoms with van der Waals surface area (Å²) in [7, 11) is 2.04. The van der Waals surface area contributed by atoms with Gasteiger partial charge in [0.15, 0.2) is 0 Å². The predicted octanol–water partition coefficient (Wildman–Crippen LogP) is 0.295. The van der Waals surface area contributed by atoms with Gasteiger partial charge in [0.25, 0.3) is 0 Å². The minimum atomic E-state index is 0.876. The number of hydrogen-bond acceptors (Lipinski definition) is 3. The molecule has 0 aliphatic carbocycles. The first kappa shape index (κ1) is 9.68. The van der Waals surface area contributed by atoms with Gasteiger partial charge in [0.2, 0.25) is 0 Å². The average Bonchev–Trinajstić information content (AvgIpc) is 2.63. The van der Waals surface area contributed by atoms with Crippen molar-refractivity contribution in [3.8, 4) is 0 Å². The van der Waals surface area contributed by atoms with Crippen molar-refractivity contribution in [2.24, 2.45) is 7.05 Å². The van der Waals surface area contributed by atoms with Crippen LogP contribution in [-0.2, 0) is 18.2 Å². The molecule has 1 fully saturated rings. The molecule has 0 amide bonds. The zero-order valence-electron chi connectivity index (χ0n) is 8.65. The zero-order chi connectivity index (χ0) is 9.80. The molecule has 2 heterocycles. The van der Waals surface area contributed by atoms with Gasteiger partial charge < -0.3 is 9.30 Å². The summed E-state index contributed by atoms with van der Waals surface area (Å²) in [4.78, 5) is 6.73. The SMILES string of the molecule is Cn1ccnc1CCN1CCOCC1. The lowest BCUT2D eigenvalue weighted by Crippen LogP contribution is -2.37. The maximum Gasteiger partial charge on any atom is 0.109 e. The van der Waals surface area contributed by atoms with Crippen molar-refractivity contribution in [2.45, 2.75) is 6.42 Å². The Morgan fingerprint density at radius 1 is 1.43 bits per heavy atom. The van der Waals surface area contributed by atoms with Crippen LogP contribution < -0.4 is 0 Å². The lowest BCUT2D eigenvalue weighted by molar-refractivity contribution is 0.0381. The quantitative estimate of drug-likeness (QED) is 0.694. The molecule has 1 saturated heterocycles. The molecule has 0 atom stereocenters. The molecular weight excluding hydrogens is 178 g/mol. The van der Waals surface area contributed by atoms with Crippen molar-refractivity contribution in [3.05, 3.63) is 18.2 Å². The fourth-order valence-corrected chi connectivity index (χ4v) is 1.72. The lowest BCUT2D eigenvalue weighted by atomic mass is 10.3. The first-order valence-electron chi connectivity index (χ1n) is 5.12. The highest BCUT2D eigenvalue weighted by molar-refractivity contribution is 4.91. The van der Waals surface area contributed by atoms with E-state index in [4.69, 9.17) is 4.74 Å². The van der Waals surface area contributed by atoms with Gasteiger partial charge in [-0.1, -0.05) is 0 Å². The Morgan fingerprint density at radius 2 is 2.21 bits per heavy atom. The highest BCUT2D eigenvalue weighted by Gasteiger charge is 2.10. The van der Waals surface area contributed by atoms with E-state index in [1.807, 2.05) is 19.4 Å². The van der Waals surface area contributed by atoms with Gasteiger partial charge in [-0.2, -0.15) is 0 Å². The molecule has 0 saturated carbocycles. The highest BCUT2D eigenvalue weighted by atomic mass is 16.5. The second-order valence-corrected chi connectivity index (χ2v) is 3.66. The Bertz CT molecular complexity index is 279. The van der Waals surface area contributed by atoms with Gasteiger partial charge in [-0.3, -0.25) is 4.90 Å². The summed E-state index contributed by atoms with van der Waals surface area (Å²) >= 11 is 0. The minimum Gasteiger partial charge on any atom is -0.379 e. The van der Waals surface area contributed by atoms with Gasteiger partial charge in [0.1, 0.15) is 5.82 Å². The summed E-state index contributed by atoms with van der Waals surface area (Å²) < 4.78 is 7.38. The third-order valence-electron chi connectivity index (χ3n) is 2.68. The second kappa shape index (κ2) is 4.57. The van der Waals surface area contributed by atoms with Crippen LogP contribution in [0.1, 0.15) is 5.82 Å². The van der Waals surface area contributed by atoms with E-state index in [0.29, 0.717) is 0 Å². The molecule has 2 rings (SSSR count). The monoisotopic (exact) mass is 195 g/mol. The lowest BCUT2D eigenvalue weighted by Gasteiger charge is -2.26. The van der Waals surface area contributed by atoms with Gasteiger partial charge >= 0.3 is 0 Å². The smallest absolute Gasteiger partial charge is 0.109 e. The van der Waals surface area contributed by atoms with Crippen molar-refractivity contribution in [1.29, 1.82) is 0 Å². The first-order chi connectivity index (χ1) is 6.86. The predicted molar refractivity (Wildman–Crippen MR) is 54.2 cm³/mol. The molecule has 78 valence electrons. The molecule has 0 aromatic carbocycles. The Kier molecular flexibility index (Phi) is 3.16. The third kappa shape index (κ3) is 2.33. The maximum atomic E-state index is 5.30. The number of imidazole rings is 1. The van der Waals surface area contributed by atoms with E-state index < -0.39 is 0 Å². The van der Waals surface area contributed by atoms with Crippen LogP contribution in [0.5, 0.6) is 0 Å². The van der Waals surface area contributed by atoms with Crippen molar-refractivity contribution in [1.82, 2.24) is 14.5 Å². The Morgan fingerprint density at radius 3 is 2.86 bits per heavy atom. The summed E-state index contributed by atoms with van der Waals surface area (Å²) in [5.41, 5.74) is 0. The van der Waals surface area contributed by atoms with Crippen LogP contribution in [-0.4, -0.2) is 47.3 Å². The fourth-order valence-electron chi connectivity index (χ4n) is 1.72. The number of rotatable bonds is 3. The molecule has 1 aromatic rings. The second-order valence-electron chi connectivity index (χ2n) is 3.66. The standard InChI is InChI=1S/C10H17N3O/c1-12-5-3-11-10(12)2-4-13-6-8-14-9-7-13/h3,5H,2,4,6-9H2,1H3. The number of hydrogen-bond donors (Lipinski definition) is 0. The number of aromatic nitrogens is 2. The molecule has 0 spiro atoms. The van der Waals surface area contributed by atoms with E-state index in [2.05, 4.69) is 14.5 Å². The molecule has 4 nitrogen and oxygen atoms in total. The molecule has 1 aliphatic heterocycles. The molecule has 0 unspecified atom stereocenters. The van der Waals surface area contributed by atoms with E-state index in [9.17, 15) is 0 Å². The molecule has 1 aliphatic rings. The summed E-state index contributed by atoms with van der Waals surface area (Å²) in [5, 5.41) is 0.